The Kier molecular flexibility index (Phi) is 6.72. The number of carbonyl (C=O) groups is 3. The Morgan fingerprint density at radius 2 is 1.87 bits per heavy atom. The van der Waals surface area contributed by atoms with Gasteiger partial charge in [0.2, 0.25) is 0 Å². The molecule has 1 N–H and O–H groups in total. The molecule has 2 aromatic rings. The van der Waals surface area contributed by atoms with Crippen LogP contribution in [0.1, 0.15) is 16.7 Å². The summed E-state index contributed by atoms with van der Waals surface area (Å²) in [4.78, 5) is 38.7. The zero-order valence-corrected chi connectivity index (χ0v) is 17.7. The number of halogens is 1. The number of hydrogen-bond acceptors (Lipinski definition) is 4. The number of aryl methyl sites for hydroxylation is 1. The van der Waals surface area contributed by atoms with E-state index in [2.05, 4.69) is 18.5 Å². The molecule has 1 fully saturated rings. The number of benzene rings is 2. The second kappa shape index (κ2) is 9.45. The van der Waals surface area contributed by atoms with Gasteiger partial charge in [-0.25, -0.2) is 9.69 Å². The topological polar surface area (TPSA) is 75.7 Å². The Balaban J connectivity index is 1.99. The Morgan fingerprint density at radius 1 is 1.10 bits per heavy atom. The summed E-state index contributed by atoms with van der Waals surface area (Å²) in [6.07, 6.45) is 5.35. The number of carbonyl (C=O) groups excluding carboxylic acids is 3. The summed E-state index contributed by atoms with van der Waals surface area (Å²) in [6, 6.07) is 9.26. The first-order valence-electron chi connectivity index (χ1n) is 9.50. The number of rotatable bonds is 7. The van der Waals surface area contributed by atoms with E-state index in [4.69, 9.17) is 16.3 Å². The van der Waals surface area contributed by atoms with E-state index in [1.165, 1.54) is 12.1 Å². The van der Waals surface area contributed by atoms with E-state index < -0.39 is 17.8 Å². The predicted molar refractivity (Wildman–Crippen MR) is 121 cm³/mol. The van der Waals surface area contributed by atoms with Gasteiger partial charge in [-0.05, 0) is 60.4 Å². The van der Waals surface area contributed by atoms with Crippen LogP contribution in [0.4, 0.5) is 10.5 Å². The molecule has 0 radical (unpaired) electrons. The molecule has 2 aromatic carbocycles. The Hall–Kier alpha value is -3.64. The molecule has 1 aliphatic rings. The van der Waals surface area contributed by atoms with Crippen molar-refractivity contribution in [2.45, 2.75) is 13.3 Å². The van der Waals surface area contributed by atoms with Crippen molar-refractivity contribution in [3.05, 3.63) is 89.0 Å². The summed E-state index contributed by atoms with van der Waals surface area (Å²) in [5, 5.41) is 2.61. The van der Waals surface area contributed by atoms with E-state index in [9.17, 15) is 14.4 Å². The lowest BCUT2D eigenvalue weighted by Gasteiger charge is -2.26. The number of barbiturate groups is 1. The van der Waals surface area contributed by atoms with Crippen LogP contribution in [0.2, 0.25) is 5.02 Å². The third-order valence-corrected chi connectivity index (χ3v) is 5.04. The number of anilines is 1. The highest BCUT2D eigenvalue weighted by molar-refractivity contribution is 6.39. The van der Waals surface area contributed by atoms with Gasteiger partial charge in [-0.15, -0.1) is 6.58 Å². The molecule has 1 aliphatic heterocycles. The number of allylic oxidation sites excluding steroid dienone is 1. The summed E-state index contributed by atoms with van der Waals surface area (Å²) in [7, 11) is 0. The van der Waals surface area contributed by atoms with Crippen LogP contribution < -0.4 is 15.0 Å². The molecule has 0 spiro atoms. The zero-order valence-electron chi connectivity index (χ0n) is 17.0. The summed E-state index contributed by atoms with van der Waals surface area (Å²) >= 11 is 6.14. The monoisotopic (exact) mass is 436 g/mol. The fourth-order valence-corrected chi connectivity index (χ4v) is 3.25. The van der Waals surface area contributed by atoms with Gasteiger partial charge in [0, 0.05) is 5.02 Å². The van der Waals surface area contributed by atoms with Crippen LogP contribution in [0.3, 0.4) is 0 Å². The van der Waals surface area contributed by atoms with E-state index in [1.54, 1.807) is 42.5 Å². The first-order chi connectivity index (χ1) is 14.8. The lowest BCUT2D eigenvalue weighted by molar-refractivity contribution is -0.122. The third kappa shape index (κ3) is 4.75. The van der Waals surface area contributed by atoms with Crippen molar-refractivity contribution < 1.29 is 19.1 Å². The zero-order chi connectivity index (χ0) is 22.5. The van der Waals surface area contributed by atoms with Crippen molar-refractivity contribution in [2.75, 3.05) is 11.5 Å². The first-order valence-corrected chi connectivity index (χ1v) is 9.88. The van der Waals surface area contributed by atoms with E-state index in [-0.39, 0.29) is 11.3 Å². The average Bonchev–Trinajstić information content (AvgIpc) is 2.73. The van der Waals surface area contributed by atoms with Crippen LogP contribution in [0.15, 0.2) is 67.3 Å². The number of nitrogens with one attached hydrogen (secondary N) is 1. The summed E-state index contributed by atoms with van der Waals surface area (Å²) in [5.41, 5.74) is 2.36. The van der Waals surface area contributed by atoms with Gasteiger partial charge in [-0.3, -0.25) is 14.9 Å². The standard InChI is InChI=1S/C24H21ClN2O4/c1-4-6-17-12-16(8-10-21(17)31-11-5-2)13-19-22(28)26-24(30)27(23(19)29)18-9-7-15(3)20(25)14-18/h4-5,7-10,12-14H,1-2,6,11H2,3H3,(H,26,28,30)/b19-13-. The molecular formula is C24H21ClN2O4. The summed E-state index contributed by atoms with van der Waals surface area (Å²) in [6.45, 7) is 9.54. The maximum absolute atomic E-state index is 13.0. The molecule has 0 saturated carbocycles. The molecule has 1 saturated heterocycles. The highest BCUT2D eigenvalue weighted by atomic mass is 35.5. The summed E-state index contributed by atoms with van der Waals surface area (Å²) in [5.74, 6) is -0.833. The lowest BCUT2D eigenvalue weighted by Crippen LogP contribution is -2.54. The largest absolute Gasteiger partial charge is 0.489 e. The molecule has 3 rings (SSSR count). The quantitative estimate of drug-likeness (QED) is 0.390. The molecule has 0 bridgehead atoms. The van der Waals surface area contributed by atoms with Crippen LogP contribution in [0.5, 0.6) is 5.75 Å². The number of hydrogen-bond donors (Lipinski definition) is 1. The van der Waals surface area contributed by atoms with Crippen molar-refractivity contribution in [1.82, 2.24) is 5.32 Å². The van der Waals surface area contributed by atoms with Crippen LogP contribution in [0.25, 0.3) is 6.08 Å². The van der Waals surface area contributed by atoms with Gasteiger partial charge in [0.05, 0.1) is 5.69 Å². The van der Waals surface area contributed by atoms with Crippen LogP contribution in [0, 0.1) is 6.92 Å². The molecule has 0 aromatic heterocycles. The minimum Gasteiger partial charge on any atom is -0.489 e. The Bertz CT molecular complexity index is 1120. The fourth-order valence-electron chi connectivity index (χ4n) is 3.07. The van der Waals surface area contributed by atoms with Crippen LogP contribution in [-0.4, -0.2) is 24.5 Å². The van der Waals surface area contributed by atoms with Crippen molar-refractivity contribution in [1.29, 1.82) is 0 Å². The number of urea groups is 1. The van der Waals surface area contributed by atoms with E-state index in [0.717, 1.165) is 16.0 Å². The average molecular weight is 437 g/mol. The summed E-state index contributed by atoms with van der Waals surface area (Å²) < 4.78 is 5.64. The maximum atomic E-state index is 13.0. The van der Waals surface area contributed by atoms with Crippen molar-refractivity contribution in [3.63, 3.8) is 0 Å². The van der Waals surface area contributed by atoms with Crippen molar-refractivity contribution in [3.8, 4) is 5.75 Å². The molecule has 1 heterocycles. The molecule has 6 nitrogen and oxygen atoms in total. The maximum Gasteiger partial charge on any atom is 0.335 e. The van der Waals surface area contributed by atoms with Crippen LogP contribution in [-0.2, 0) is 16.0 Å². The highest BCUT2D eigenvalue weighted by Crippen LogP contribution is 2.28. The lowest BCUT2D eigenvalue weighted by atomic mass is 10.0. The van der Waals surface area contributed by atoms with Gasteiger partial charge >= 0.3 is 6.03 Å². The van der Waals surface area contributed by atoms with Crippen molar-refractivity contribution >= 4 is 41.2 Å². The molecule has 7 heteroatoms. The number of nitrogens with zero attached hydrogens (tertiary/aromatic N) is 1. The van der Waals surface area contributed by atoms with Gasteiger partial charge in [-0.1, -0.05) is 42.5 Å². The van der Waals surface area contributed by atoms with E-state index in [0.29, 0.717) is 29.4 Å². The minimum atomic E-state index is -0.826. The smallest absolute Gasteiger partial charge is 0.335 e. The second-order valence-corrected chi connectivity index (χ2v) is 7.26. The SMILES string of the molecule is C=CCOc1ccc(/C=C2/C(=O)NC(=O)N(c3ccc(C)c(Cl)c3)C2=O)cc1CC=C. The molecule has 0 atom stereocenters. The third-order valence-electron chi connectivity index (χ3n) is 4.63. The molecular weight excluding hydrogens is 416 g/mol. The van der Waals surface area contributed by atoms with Gasteiger partial charge in [0.15, 0.2) is 0 Å². The van der Waals surface area contributed by atoms with Gasteiger partial charge in [-0.2, -0.15) is 0 Å². The van der Waals surface area contributed by atoms with E-state index in [1.807, 2.05) is 6.92 Å². The van der Waals surface area contributed by atoms with Crippen molar-refractivity contribution in [2.24, 2.45) is 0 Å². The van der Waals surface area contributed by atoms with Gasteiger partial charge in [0.25, 0.3) is 11.8 Å². The highest BCUT2D eigenvalue weighted by Gasteiger charge is 2.37. The van der Waals surface area contributed by atoms with Gasteiger partial charge < -0.3 is 4.74 Å². The van der Waals surface area contributed by atoms with E-state index >= 15 is 0 Å². The second-order valence-electron chi connectivity index (χ2n) is 6.85. The van der Waals surface area contributed by atoms with Gasteiger partial charge in [0.1, 0.15) is 17.9 Å². The Morgan fingerprint density at radius 3 is 2.55 bits per heavy atom. The minimum absolute atomic E-state index is 0.166. The molecule has 0 aliphatic carbocycles. The molecule has 158 valence electrons. The normalized spacial score (nSPS) is 15.1. The first kappa shape index (κ1) is 22.1. The number of amides is 4. The molecule has 0 unspecified atom stereocenters. The predicted octanol–water partition coefficient (Wildman–Crippen LogP) is 4.61. The Labute approximate surface area is 185 Å². The number of imide groups is 2. The molecule has 4 amide bonds. The van der Waals surface area contributed by atoms with Crippen LogP contribution >= 0.6 is 11.6 Å². The number of ether oxygens (including phenoxy) is 1. The fraction of sp³-hybridized carbons (Fsp3) is 0.125. The molecule has 31 heavy (non-hydrogen) atoms.